The Morgan fingerprint density at radius 1 is 1.21 bits per heavy atom. The first-order valence-corrected chi connectivity index (χ1v) is 8.02. The fraction of sp³-hybridized carbons (Fsp3) is 0.412. The third-order valence-corrected chi connectivity index (χ3v) is 4.05. The highest BCUT2D eigenvalue weighted by atomic mass is 16.5. The van der Waals surface area contributed by atoms with Crippen LogP contribution in [-0.2, 0) is 4.74 Å². The second-order valence-electron chi connectivity index (χ2n) is 6.16. The van der Waals surface area contributed by atoms with Gasteiger partial charge in [0, 0.05) is 36.7 Å². The summed E-state index contributed by atoms with van der Waals surface area (Å²) < 4.78 is 5.65. The van der Waals surface area contributed by atoms with E-state index in [9.17, 15) is 9.59 Å². The molecule has 7 nitrogen and oxygen atoms in total. The van der Waals surface area contributed by atoms with Gasteiger partial charge in [-0.3, -0.25) is 4.79 Å². The lowest BCUT2D eigenvalue weighted by atomic mass is 10.2. The van der Waals surface area contributed by atoms with Gasteiger partial charge in [-0.2, -0.15) is 0 Å². The molecule has 1 aromatic heterocycles. The number of benzene rings is 1. The lowest BCUT2D eigenvalue weighted by Crippen LogP contribution is -2.49. The number of carbonyl (C=O) groups is 2. The highest BCUT2D eigenvalue weighted by Gasteiger charge is 2.25. The quantitative estimate of drug-likeness (QED) is 0.789. The Morgan fingerprint density at radius 2 is 1.92 bits per heavy atom. The Morgan fingerprint density at radius 3 is 2.58 bits per heavy atom. The first-order chi connectivity index (χ1) is 11.5. The second-order valence-corrected chi connectivity index (χ2v) is 6.16. The molecule has 0 aliphatic carbocycles. The van der Waals surface area contributed by atoms with Gasteiger partial charge in [-0.15, -0.1) is 0 Å². The fourth-order valence-electron chi connectivity index (χ4n) is 3.01. The number of amides is 3. The highest BCUT2D eigenvalue weighted by molar-refractivity contribution is 5.99. The molecule has 0 unspecified atom stereocenters. The zero-order valence-electron chi connectivity index (χ0n) is 14.1. The summed E-state index contributed by atoms with van der Waals surface area (Å²) in [4.78, 5) is 28.9. The number of carbonyl (C=O) groups excluding carboxylic acids is 2. The van der Waals surface area contributed by atoms with E-state index in [-0.39, 0.29) is 24.1 Å². The maximum atomic E-state index is 12.4. The van der Waals surface area contributed by atoms with Crippen LogP contribution in [0.15, 0.2) is 24.3 Å². The molecule has 3 amide bonds. The SMILES string of the molecule is CNC(=O)c1cc2cc(NC(=O)N3C[C@@H](C)O[C@@H](C)C3)ccc2[nH]1. The molecule has 7 heteroatoms. The van der Waals surface area contributed by atoms with Gasteiger partial charge in [-0.05, 0) is 38.1 Å². The van der Waals surface area contributed by atoms with E-state index in [2.05, 4.69) is 15.6 Å². The van der Waals surface area contributed by atoms with E-state index in [1.165, 1.54) is 0 Å². The zero-order chi connectivity index (χ0) is 17.3. The van der Waals surface area contributed by atoms with E-state index in [1.807, 2.05) is 32.0 Å². The van der Waals surface area contributed by atoms with Crippen LogP contribution in [-0.4, -0.2) is 54.2 Å². The van der Waals surface area contributed by atoms with Crippen LogP contribution in [0.1, 0.15) is 24.3 Å². The van der Waals surface area contributed by atoms with Crippen molar-refractivity contribution in [3.63, 3.8) is 0 Å². The number of H-pyrrole nitrogens is 1. The average molecular weight is 330 g/mol. The number of anilines is 1. The number of hydrogen-bond donors (Lipinski definition) is 3. The minimum absolute atomic E-state index is 0.0294. The molecule has 3 N–H and O–H groups in total. The van der Waals surface area contributed by atoms with E-state index in [1.54, 1.807) is 18.0 Å². The number of morpholine rings is 1. The van der Waals surface area contributed by atoms with Crippen molar-refractivity contribution in [3.8, 4) is 0 Å². The molecule has 3 rings (SSSR count). The molecule has 128 valence electrons. The molecule has 0 radical (unpaired) electrons. The van der Waals surface area contributed by atoms with Gasteiger partial charge in [0.05, 0.1) is 12.2 Å². The van der Waals surface area contributed by atoms with E-state index in [4.69, 9.17) is 4.74 Å². The number of aromatic nitrogens is 1. The van der Waals surface area contributed by atoms with Crippen LogP contribution in [0.3, 0.4) is 0 Å². The molecule has 2 heterocycles. The molecule has 1 fully saturated rings. The Kier molecular flexibility index (Phi) is 4.44. The number of aromatic amines is 1. The molecule has 1 aromatic carbocycles. The van der Waals surface area contributed by atoms with Gasteiger partial charge in [0.1, 0.15) is 5.69 Å². The van der Waals surface area contributed by atoms with Crippen LogP contribution in [0, 0.1) is 0 Å². The summed E-state index contributed by atoms with van der Waals surface area (Å²) >= 11 is 0. The molecule has 0 spiro atoms. The van der Waals surface area contributed by atoms with Crippen molar-refractivity contribution < 1.29 is 14.3 Å². The normalized spacial score (nSPS) is 20.9. The molecular formula is C17H22N4O3. The predicted octanol–water partition coefficient (Wildman–Crippen LogP) is 2.17. The summed E-state index contributed by atoms with van der Waals surface area (Å²) in [6, 6.07) is 7.14. The standard InChI is InChI=1S/C17H22N4O3/c1-10-8-21(9-11(2)24-10)17(23)19-13-4-5-14-12(6-13)7-15(20-14)16(22)18-3/h4-7,10-11,20H,8-9H2,1-3H3,(H,18,22)(H,19,23)/t10-,11+. The monoisotopic (exact) mass is 330 g/mol. The fourth-order valence-corrected chi connectivity index (χ4v) is 3.01. The van der Waals surface area contributed by atoms with Gasteiger partial charge >= 0.3 is 6.03 Å². The van der Waals surface area contributed by atoms with Crippen LogP contribution >= 0.6 is 0 Å². The van der Waals surface area contributed by atoms with E-state index >= 15 is 0 Å². The summed E-state index contributed by atoms with van der Waals surface area (Å²) in [5, 5.41) is 6.37. The third kappa shape index (κ3) is 3.35. The van der Waals surface area contributed by atoms with Crippen molar-refractivity contribution in [3.05, 3.63) is 30.0 Å². The molecule has 0 saturated carbocycles. The Bertz CT molecular complexity index is 760. The third-order valence-electron chi connectivity index (χ3n) is 4.05. The summed E-state index contributed by atoms with van der Waals surface area (Å²) in [7, 11) is 1.59. The van der Waals surface area contributed by atoms with Gasteiger partial charge in [0.2, 0.25) is 0 Å². The first kappa shape index (κ1) is 16.3. The maximum Gasteiger partial charge on any atom is 0.322 e. The van der Waals surface area contributed by atoms with Crippen molar-refractivity contribution in [1.29, 1.82) is 0 Å². The molecule has 2 atom stereocenters. The smallest absolute Gasteiger partial charge is 0.322 e. The van der Waals surface area contributed by atoms with E-state index in [0.717, 1.165) is 10.9 Å². The van der Waals surface area contributed by atoms with Gasteiger partial charge in [0.25, 0.3) is 5.91 Å². The van der Waals surface area contributed by atoms with Crippen LogP contribution in [0.2, 0.25) is 0 Å². The van der Waals surface area contributed by atoms with E-state index in [0.29, 0.717) is 24.5 Å². The van der Waals surface area contributed by atoms with Gasteiger partial charge in [0.15, 0.2) is 0 Å². The average Bonchev–Trinajstić information content (AvgIpc) is 2.96. The van der Waals surface area contributed by atoms with Crippen LogP contribution < -0.4 is 10.6 Å². The van der Waals surface area contributed by atoms with Crippen LogP contribution in [0.4, 0.5) is 10.5 Å². The van der Waals surface area contributed by atoms with Crippen molar-refractivity contribution in [1.82, 2.24) is 15.2 Å². The second kappa shape index (κ2) is 6.52. The Balaban J connectivity index is 1.75. The number of ether oxygens (including phenoxy) is 1. The summed E-state index contributed by atoms with van der Waals surface area (Å²) in [5.41, 5.74) is 2.04. The lowest BCUT2D eigenvalue weighted by molar-refractivity contribution is -0.0530. The van der Waals surface area contributed by atoms with Crippen molar-refractivity contribution in [2.24, 2.45) is 0 Å². The minimum Gasteiger partial charge on any atom is -0.372 e. The number of rotatable bonds is 2. The predicted molar refractivity (Wildman–Crippen MR) is 92.3 cm³/mol. The number of fused-ring (bicyclic) bond motifs is 1. The maximum absolute atomic E-state index is 12.4. The van der Waals surface area contributed by atoms with Crippen molar-refractivity contribution in [2.75, 3.05) is 25.5 Å². The van der Waals surface area contributed by atoms with Gasteiger partial charge in [-0.25, -0.2) is 4.79 Å². The number of urea groups is 1. The van der Waals surface area contributed by atoms with Gasteiger partial charge in [-0.1, -0.05) is 0 Å². The molecular weight excluding hydrogens is 308 g/mol. The van der Waals surface area contributed by atoms with Gasteiger partial charge < -0.3 is 25.3 Å². The lowest BCUT2D eigenvalue weighted by Gasteiger charge is -2.35. The molecule has 1 aliphatic rings. The first-order valence-electron chi connectivity index (χ1n) is 8.02. The van der Waals surface area contributed by atoms with Crippen molar-refractivity contribution >= 4 is 28.5 Å². The Hall–Kier alpha value is -2.54. The highest BCUT2D eigenvalue weighted by Crippen LogP contribution is 2.21. The van der Waals surface area contributed by atoms with Crippen LogP contribution in [0.25, 0.3) is 10.9 Å². The van der Waals surface area contributed by atoms with E-state index < -0.39 is 0 Å². The molecule has 1 aliphatic heterocycles. The Labute approximate surface area is 140 Å². The summed E-state index contributed by atoms with van der Waals surface area (Å²) in [6.07, 6.45) is 0.0588. The van der Waals surface area contributed by atoms with Crippen molar-refractivity contribution in [2.45, 2.75) is 26.1 Å². The largest absolute Gasteiger partial charge is 0.372 e. The topological polar surface area (TPSA) is 86.5 Å². The summed E-state index contributed by atoms with van der Waals surface area (Å²) in [6.45, 7) is 5.07. The number of nitrogens with one attached hydrogen (secondary N) is 3. The molecule has 2 aromatic rings. The number of nitrogens with zero attached hydrogens (tertiary/aromatic N) is 1. The zero-order valence-corrected chi connectivity index (χ0v) is 14.1. The molecule has 24 heavy (non-hydrogen) atoms. The molecule has 0 bridgehead atoms. The minimum atomic E-state index is -0.173. The summed E-state index contributed by atoms with van der Waals surface area (Å²) in [5.74, 6) is -0.173. The van der Waals surface area contributed by atoms with Crippen LogP contribution in [0.5, 0.6) is 0 Å². The number of hydrogen-bond acceptors (Lipinski definition) is 3. The molecule has 1 saturated heterocycles.